The highest BCUT2D eigenvalue weighted by Gasteiger charge is 2.37. The molecule has 1 aliphatic rings. The first-order valence-electron chi connectivity index (χ1n) is 6.28. The summed E-state index contributed by atoms with van der Waals surface area (Å²) >= 11 is 0. The molecule has 0 saturated carbocycles. The van der Waals surface area contributed by atoms with Crippen LogP contribution in [0.25, 0.3) is 0 Å². The van der Waals surface area contributed by atoms with Crippen LogP contribution in [-0.2, 0) is 9.59 Å². The molecular formula is C14H7NO10. The monoisotopic (exact) mass is 349 g/mol. The summed E-state index contributed by atoms with van der Waals surface area (Å²) in [4.78, 5) is 69.3. The van der Waals surface area contributed by atoms with Crippen molar-refractivity contribution >= 4 is 41.4 Å². The Hall–Kier alpha value is -4.02. The molecule has 0 bridgehead atoms. The number of aromatic carboxylic acids is 4. The van der Waals surface area contributed by atoms with Crippen LogP contribution in [0.3, 0.4) is 0 Å². The minimum Gasteiger partial charge on any atom is -0.478 e. The zero-order valence-electron chi connectivity index (χ0n) is 11.9. The summed E-state index contributed by atoms with van der Waals surface area (Å²) in [6.45, 7) is 0. The highest BCUT2D eigenvalue weighted by molar-refractivity contribution is 6.30. The van der Waals surface area contributed by atoms with Crippen molar-refractivity contribution in [1.82, 2.24) is 0 Å². The molecule has 0 aliphatic carbocycles. The molecule has 1 aromatic carbocycles. The number of rotatable bonds is 5. The van der Waals surface area contributed by atoms with Crippen molar-refractivity contribution in [2.24, 2.45) is 0 Å². The SMILES string of the molecule is O=C(O)c1cc(N2C(=O)C=CC2=O)c(C(=O)O)c(C(=O)O)c1C(=O)O. The number of carboxylic acids is 4. The number of carbonyl (C=O) groups excluding carboxylic acids is 2. The van der Waals surface area contributed by atoms with Gasteiger partial charge in [0.25, 0.3) is 11.8 Å². The topological polar surface area (TPSA) is 187 Å². The Labute approximate surface area is 137 Å². The number of hydrogen-bond acceptors (Lipinski definition) is 6. The van der Waals surface area contributed by atoms with Gasteiger partial charge < -0.3 is 20.4 Å². The van der Waals surface area contributed by atoms with Crippen molar-refractivity contribution in [2.45, 2.75) is 0 Å². The van der Waals surface area contributed by atoms with E-state index in [4.69, 9.17) is 10.2 Å². The number of carbonyl (C=O) groups is 6. The van der Waals surface area contributed by atoms with Crippen LogP contribution in [0.15, 0.2) is 18.2 Å². The normalized spacial score (nSPS) is 13.2. The van der Waals surface area contributed by atoms with Crippen LogP contribution in [0.2, 0.25) is 0 Å². The van der Waals surface area contributed by atoms with Crippen LogP contribution in [-0.4, -0.2) is 56.1 Å². The predicted octanol–water partition coefficient (Wildman–Crippen LogP) is -0.0912. The maximum absolute atomic E-state index is 11.8. The predicted molar refractivity (Wildman–Crippen MR) is 75.9 cm³/mol. The fraction of sp³-hybridized carbons (Fsp3) is 0. The number of nitrogens with zero attached hydrogens (tertiary/aromatic N) is 1. The van der Waals surface area contributed by atoms with Gasteiger partial charge in [-0.15, -0.1) is 0 Å². The molecule has 0 spiro atoms. The number of benzene rings is 1. The molecule has 2 rings (SSSR count). The van der Waals surface area contributed by atoms with E-state index in [-0.39, 0.29) is 4.90 Å². The van der Waals surface area contributed by atoms with Crippen LogP contribution in [0.4, 0.5) is 5.69 Å². The summed E-state index contributed by atoms with van der Waals surface area (Å²) in [5, 5.41) is 36.8. The van der Waals surface area contributed by atoms with Gasteiger partial charge >= 0.3 is 23.9 Å². The van der Waals surface area contributed by atoms with Gasteiger partial charge in [0, 0.05) is 12.2 Å². The van der Waals surface area contributed by atoms with Gasteiger partial charge in [-0.1, -0.05) is 0 Å². The second-order valence-corrected chi connectivity index (χ2v) is 4.63. The Morgan fingerprint density at radius 2 is 1.12 bits per heavy atom. The van der Waals surface area contributed by atoms with Crippen molar-refractivity contribution in [3.05, 3.63) is 40.5 Å². The molecule has 1 heterocycles. The maximum atomic E-state index is 11.8. The van der Waals surface area contributed by atoms with E-state index in [0.717, 1.165) is 12.2 Å². The highest BCUT2D eigenvalue weighted by Crippen LogP contribution is 2.32. The van der Waals surface area contributed by atoms with Gasteiger partial charge in [-0.2, -0.15) is 0 Å². The summed E-state index contributed by atoms with van der Waals surface area (Å²) in [7, 11) is 0. The smallest absolute Gasteiger partial charge is 0.338 e. The van der Waals surface area contributed by atoms with E-state index in [9.17, 15) is 39.0 Å². The number of carboxylic acid groups (broad SMARTS) is 4. The molecule has 11 nitrogen and oxygen atoms in total. The average molecular weight is 349 g/mol. The minimum absolute atomic E-state index is 0.244. The van der Waals surface area contributed by atoms with Crippen LogP contribution < -0.4 is 4.90 Å². The zero-order valence-corrected chi connectivity index (χ0v) is 11.9. The van der Waals surface area contributed by atoms with Crippen LogP contribution in [0.1, 0.15) is 41.4 Å². The molecular weight excluding hydrogens is 342 g/mol. The molecule has 0 fully saturated rings. The molecule has 128 valence electrons. The third-order valence-corrected chi connectivity index (χ3v) is 3.23. The van der Waals surface area contributed by atoms with Crippen molar-refractivity contribution in [3.8, 4) is 0 Å². The lowest BCUT2D eigenvalue weighted by molar-refractivity contribution is -0.120. The third-order valence-electron chi connectivity index (χ3n) is 3.23. The van der Waals surface area contributed by atoms with Gasteiger partial charge in [0.15, 0.2) is 0 Å². The van der Waals surface area contributed by atoms with E-state index in [1.165, 1.54) is 0 Å². The first-order chi connectivity index (χ1) is 11.6. The van der Waals surface area contributed by atoms with E-state index in [1.807, 2.05) is 0 Å². The fourth-order valence-corrected chi connectivity index (χ4v) is 2.30. The molecule has 4 N–H and O–H groups in total. The summed E-state index contributed by atoms with van der Waals surface area (Å²) in [5.74, 6) is -9.97. The first-order valence-corrected chi connectivity index (χ1v) is 6.28. The molecule has 0 saturated heterocycles. The Morgan fingerprint density at radius 3 is 1.48 bits per heavy atom. The molecule has 2 amide bonds. The Bertz CT molecular complexity index is 893. The number of amides is 2. The number of imide groups is 1. The molecule has 0 atom stereocenters. The second-order valence-electron chi connectivity index (χ2n) is 4.63. The summed E-state index contributed by atoms with van der Waals surface area (Å²) in [6, 6.07) is 0.463. The lowest BCUT2D eigenvalue weighted by Crippen LogP contribution is -2.33. The Balaban J connectivity index is 3.03. The van der Waals surface area contributed by atoms with E-state index in [1.54, 1.807) is 0 Å². The highest BCUT2D eigenvalue weighted by atomic mass is 16.4. The third kappa shape index (κ3) is 2.69. The first kappa shape index (κ1) is 17.3. The second kappa shape index (κ2) is 5.88. The lowest BCUT2D eigenvalue weighted by atomic mass is 9.93. The Morgan fingerprint density at radius 1 is 0.680 bits per heavy atom. The van der Waals surface area contributed by atoms with E-state index in [0.29, 0.717) is 6.07 Å². The molecule has 11 heteroatoms. The van der Waals surface area contributed by atoms with Crippen LogP contribution >= 0.6 is 0 Å². The van der Waals surface area contributed by atoms with Crippen LogP contribution in [0, 0.1) is 0 Å². The van der Waals surface area contributed by atoms with Gasteiger partial charge in [-0.3, -0.25) is 9.59 Å². The van der Waals surface area contributed by atoms with Gasteiger partial charge in [-0.05, 0) is 6.07 Å². The minimum atomic E-state index is -2.05. The van der Waals surface area contributed by atoms with E-state index >= 15 is 0 Å². The van der Waals surface area contributed by atoms with Gasteiger partial charge in [0.2, 0.25) is 0 Å². The van der Waals surface area contributed by atoms with Crippen molar-refractivity contribution in [1.29, 1.82) is 0 Å². The molecule has 0 aromatic heterocycles. The lowest BCUT2D eigenvalue weighted by Gasteiger charge is -2.20. The summed E-state index contributed by atoms with van der Waals surface area (Å²) < 4.78 is 0. The van der Waals surface area contributed by atoms with Crippen molar-refractivity contribution < 1.29 is 49.2 Å². The standard InChI is InChI=1S/C14H7NO10/c16-6-1-2-7(17)15(6)5-3-4(11(18)19)8(12(20)21)10(14(24)25)9(5)13(22)23/h1-3H,(H,18,19)(H,20,21)(H,22,23)(H,24,25). The summed E-state index contributed by atoms with van der Waals surface area (Å²) in [5.41, 5.74) is -5.78. The quantitative estimate of drug-likeness (QED) is 0.523. The fourth-order valence-electron chi connectivity index (χ4n) is 2.30. The van der Waals surface area contributed by atoms with E-state index < -0.39 is 63.6 Å². The van der Waals surface area contributed by atoms with Gasteiger partial charge in [0.05, 0.1) is 27.9 Å². The van der Waals surface area contributed by atoms with Crippen molar-refractivity contribution in [2.75, 3.05) is 4.90 Å². The Kier molecular flexibility index (Phi) is 4.08. The zero-order chi connectivity index (χ0) is 19.0. The molecule has 0 unspecified atom stereocenters. The number of hydrogen-bond donors (Lipinski definition) is 4. The van der Waals surface area contributed by atoms with Gasteiger partial charge in [0.1, 0.15) is 0 Å². The molecule has 25 heavy (non-hydrogen) atoms. The van der Waals surface area contributed by atoms with Crippen molar-refractivity contribution in [3.63, 3.8) is 0 Å². The number of anilines is 1. The largest absolute Gasteiger partial charge is 0.478 e. The average Bonchev–Trinajstić information content (AvgIpc) is 2.83. The van der Waals surface area contributed by atoms with Crippen LogP contribution in [0.5, 0.6) is 0 Å². The molecule has 1 aliphatic heterocycles. The molecule has 1 aromatic rings. The van der Waals surface area contributed by atoms with E-state index in [2.05, 4.69) is 0 Å². The maximum Gasteiger partial charge on any atom is 0.338 e. The summed E-state index contributed by atoms with van der Waals surface area (Å²) in [6.07, 6.45) is 1.53. The molecule has 0 radical (unpaired) electrons. The van der Waals surface area contributed by atoms with Gasteiger partial charge in [-0.25, -0.2) is 24.1 Å².